The quantitative estimate of drug-likeness (QED) is 0.745. The minimum atomic E-state index is -1.10. The Morgan fingerprint density at radius 3 is 2.52 bits per heavy atom. The second kappa shape index (κ2) is 5.60. The first-order valence-corrected chi connectivity index (χ1v) is 7.02. The summed E-state index contributed by atoms with van der Waals surface area (Å²) < 4.78 is 4.92. The maximum Gasteiger partial charge on any atom is 0.322 e. The highest BCUT2D eigenvalue weighted by Gasteiger charge is 2.43. The average Bonchev–Trinajstić information content (AvgIpc) is 3.08. The lowest BCUT2D eigenvalue weighted by atomic mass is 9.92. The van der Waals surface area contributed by atoms with Crippen LogP contribution in [-0.2, 0) is 21.5 Å². The van der Waals surface area contributed by atoms with Crippen LogP contribution in [0.1, 0.15) is 18.1 Å². The van der Waals surface area contributed by atoms with Crippen molar-refractivity contribution in [2.24, 2.45) is 0 Å². The van der Waals surface area contributed by atoms with Crippen molar-refractivity contribution in [1.82, 2.24) is 10.6 Å². The summed E-state index contributed by atoms with van der Waals surface area (Å²) in [4.78, 5) is 35.1. The van der Waals surface area contributed by atoms with Crippen LogP contribution in [0, 0.1) is 0 Å². The van der Waals surface area contributed by atoms with Crippen molar-refractivity contribution in [2.45, 2.75) is 18.9 Å². The number of anilines is 1. The van der Waals surface area contributed by atoms with Crippen molar-refractivity contribution in [1.29, 1.82) is 0 Å². The molecule has 1 unspecified atom stereocenters. The van der Waals surface area contributed by atoms with E-state index in [-0.39, 0.29) is 12.3 Å². The van der Waals surface area contributed by atoms with E-state index >= 15 is 0 Å². The van der Waals surface area contributed by atoms with Gasteiger partial charge in [-0.25, -0.2) is 4.79 Å². The van der Waals surface area contributed by atoms with Gasteiger partial charge in [-0.15, -0.1) is 0 Å². The standard InChI is InChI=1S/C16H15N3O4/c1-16(14(21)18-15(22)19-16)11-2-4-12(5-3-11)17-13(20)8-10-6-7-23-9-10/h2-7,9H,8H2,1H3,(H,17,20)(H2,18,19,21,22). The molecule has 0 radical (unpaired) electrons. The molecule has 1 fully saturated rings. The molecule has 118 valence electrons. The number of hydrogen-bond donors (Lipinski definition) is 3. The van der Waals surface area contributed by atoms with Gasteiger partial charge in [0.05, 0.1) is 18.9 Å². The molecule has 2 heterocycles. The van der Waals surface area contributed by atoms with E-state index in [4.69, 9.17) is 4.42 Å². The van der Waals surface area contributed by atoms with Crippen LogP contribution in [0.5, 0.6) is 0 Å². The number of hydrogen-bond acceptors (Lipinski definition) is 4. The zero-order valence-electron chi connectivity index (χ0n) is 12.4. The van der Waals surface area contributed by atoms with E-state index < -0.39 is 17.5 Å². The molecule has 3 N–H and O–H groups in total. The minimum absolute atomic E-state index is 0.169. The van der Waals surface area contributed by atoms with E-state index in [1.165, 1.54) is 12.5 Å². The van der Waals surface area contributed by atoms with Crippen molar-refractivity contribution in [2.75, 3.05) is 5.32 Å². The molecule has 7 heteroatoms. The number of benzene rings is 1. The third-order valence-corrected chi connectivity index (χ3v) is 3.74. The molecule has 7 nitrogen and oxygen atoms in total. The van der Waals surface area contributed by atoms with Crippen LogP contribution in [0.25, 0.3) is 0 Å². The summed E-state index contributed by atoms with van der Waals surface area (Å²) in [5, 5.41) is 7.56. The lowest BCUT2D eigenvalue weighted by molar-refractivity contribution is -0.123. The van der Waals surface area contributed by atoms with Gasteiger partial charge in [0.25, 0.3) is 5.91 Å². The molecule has 4 amide bonds. The summed E-state index contributed by atoms with van der Waals surface area (Å²) in [7, 11) is 0. The SMILES string of the molecule is CC1(c2ccc(NC(=O)Cc3ccoc3)cc2)NC(=O)NC1=O. The fourth-order valence-electron chi connectivity index (χ4n) is 2.42. The molecule has 23 heavy (non-hydrogen) atoms. The lowest BCUT2D eigenvalue weighted by Gasteiger charge is -2.21. The third-order valence-electron chi connectivity index (χ3n) is 3.74. The Morgan fingerprint density at radius 2 is 1.96 bits per heavy atom. The molecular weight excluding hydrogens is 298 g/mol. The maximum absolute atomic E-state index is 11.9. The van der Waals surface area contributed by atoms with E-state index in [2.05, 4.69) is 16.0 Å². The van der Waals surface area contributed by atoms with Crippen LogP contribution in [-0.4, -0.2) is 17.8 Å². The Balaban J connectivity index is 1.69. The van der Waals surface area contributed by atoms with Gasteiger partial charge in [-0.3, -0.25) is 14.9 Å². The van der Waals surface area contributed by atoms with Crippen molar-refractivity contribution >= 4 is 23.5 Å². The molecule has 0 bridgehead atoms. The summed E-state index contributed by atoms with van der Waals surface area (Å²) >= 11 is 0. The zero-order chi connectivity index (χ0) is 16.4. The molecule has 1 aliphatic rings. The van der Waals surface area contributed by atoms with E-state index in [0.29, 0.717) is 11.3 Å². The van der Waals surface area contributed by atoms with Gasteiger partial charge < -0.3 is 15.1 Å². The Hall–Kier alpha value is -3.09. The van der Waals surface area contributed by atoms with Crippen LogP contribution < -0.4 is 16.0 Å². The average molecular weight is 313 g/mol. The van der Waals surface area contributed by atoms with E-state index in [1.807, 2.05) is 0 Å². The molecule has 1 aromatic carbocycles. The summed E-state index contributed by atoms with van der Waals surface area (Å²) in [6.45, 7) is 1.62. The highest BCUT2D eigenvalue weighted by molar-refractivity contribution is 6.07. The summed E-state index contributed by atoms with van der Waals surface area (Å²) in [6, 6.07) is 7.97. The molecule has 3 rings (SSSR count). The molecule has 1 aliphatic heterocycles. The topological polar surface area (TPSA) is 100 Å². The predicted octanol–water partition coefficient (Wildman–Crippen LogP) is 1.52. The first-order chi connectivity index (χ1) is 11.0. The van der Waals surface area contributed by atoms with Gasteiger partial charge in [0.15, 0.2) is 0 Å². The van der Waals surface area contributed by atoms with Gasteiger partial charge >= 0.3 is 6.03 Å². The second-order valence-electron chi connectivity index (χ2n) is 5.47. The largest absolute Gasteiger partial charge is 0.472 e. The highest BCUT2D eigenvalue weighted by atomic mass is 16.3. The van der Waals surface area contributed by atoms with Crippen molar-refractivity contribution in [3.8, 4) is 0 Å². The number of carbonyl (C=O) groups is 3. The second-order valence-corrected chi connectivity index (χ2v) is 5.47. The molecule has 1 aromatic heterocycles. The first-order valence-electron chi connectivity index (χ1n) is 7.02. The molecule has 0 spiro atoms. The van der Waals surface area contributed by atoms with Crippen molar-refractivity contribution in [3.05, 3.63) is 54.0 Å². The molecule has 0 saturated carbocycles. The Bertz CT molecular complexity index is 752. The van der Waals surface area contributed by atoms with Gasteiger partial charge in [-0.05, 0) is 36.2 Å². The number of furan rings is 1. The number of rotatable bonds is 4. The van der Waals surface area contributed by atoms with E-state index in [1.54, 1.807) is 37.3 Å². The third kappa shape index (κ3) is 2.94. The number of urea groups is 1. The van der Waals surface area contributed by atoms with Crippen molar-refractivity contribution in [3.63, 3.8) is 0 Å². The molecular formula is C16H15N3O4. The first kappa shape index (κ1) is 14.8. The number of imide groups is 1. The Kier molecular flexibility index (Phi) is 3.61. The van der Waals surface area contributed by atoms with Crippen LogP contribution in [0.3, 0.4) is 0 Å². The summed E-state index contributed by atoms with van der Waals surface area (Å²) in [6.07, 6.45) is 3.25. The lowest BCUT2D eigenvalue weighted by Crippen LogP contribution is -2.40. The van der Waals surface area contributed by atoms with Gasteiger partial charge in [-0.1, -0.05) is 12.1 Å². The predicted molar refractivity (Wildman–Crippen MR) is 81.5 cm³/mol. The van der Waals surface area contributed by atoms with Gasteiger partial charge in [0.1, 0.15) is 5.54 Å². The van der Waals surface area contributed by atoms with Crippen LogP contribution in [0.15, 0.2) is 47.3 Å². The zero-order valence-corrected chi connectivity index (χ0v) is 12.4. The number of amides is 4. The fourth-order valence-corrected chi connectivity index (χ4v) is 2.42. The monoisotopic (exact) mass is 313 g/mol. The maximum atomic E-state index is 11.9. The van der Waals surface area contributed by atoms with Crippen LogP contribution in [0.2, 0.25) is 0 Å². The summed E-state index contributed by atoms with van der Waals surface area (Å²) in [5.74, 6) is -0.573. The van der Waals surface area contributed by atoms with Gasteiger partial charge in [0.2, 0.25) is 5.91 Å². The fraction of sp³-hybridized carbons (Fsp3) is 0.188. The van der Waals surface area contributed by atoms with Gasteiger partial charge in [-0.2, -0.15) is 0 Å². The van der Waals surface area contributed by atoms with Crippen molar-refractivity contribution < 1.29 is 18.8 Å². The molecule has 1 saturated heterocycles. The molecule has 1 atom stereocenters. The minimum Gasteiger partial charge on any atom is -0.472 e. The van der Waals surface area contributed by atoms with Gasteiger partial charge in [0, 0.05) is 5.69 Å². The Labute approximate surface area is 132 Å². The normalized spacial score (nSPS) is 20.0. The Morgan fingerprint density at radius 1 is 1.22 bits per heavy atom. The smallest absolute Gasteiger partial charge is 0.322 e. The molecule has 0 aliphatic carbocycles. The number of carbonyl (C=O) groups excluding carboxylic acids is 3. The molecule has 2 aromatic rings. The summed E-state index contributed by atoms with van der Waals surface area (Å²) in [5.41, 5.74) is 0.928. The van der Waals surface area contributed by atoms with Crippen LogP contribution >= 0.6 is 0 Å². The number of nitrogens with one attached hydrogen (secondary N) is 3. The van der Waals surface area contributed by atoms with E-state index in [9.17, 15) is 14.4 Å². The van der Waals surface area contributed by atoms with E-state index in [0.717, 1.165) is 5.56 Å². The highest BCUT2D eigenvalue weighted by Crippen LogP contribution is 2.25. The van der Waals surface area contributed by atoms with Crippen LogP contribution in [0.4, 0.5) is 10.5 Å².